The molecule has 0 aromatic carbocycles. The van der Waals surface area contributed by atoms with Crippen LogP contribution in [0.15, 0.2) is 0 Å². The molecule has 2 heterocycles. The lowest BCUT2D eigenvalue weighted by Crippen LogP contribution is -2.59. The Morgan fingerprint density at radius 1 is 1.04 bits per heavy atom. The molecule has 0 spiro atoms. The molecular weight excluding hydrogens is 340 g/mol. The number of rotatable bonds is 7. The monoisotopic (exact) mass is 368 g/mol. The first-order valence-corrected chi connectivity index (χ1v) is 8.25. The minimum absolute atomic E-state index is 0.174. The highest BCUT2D eigenvalue weighted by Crippen LogP contribution is 2.27. The summed E-state index contributed by atoms with van der Waals surface area (Å²) in [5, 5.41) is 58.8. The van der Waals surface area contributed by atoms with E-state index in [1.165, 1.54) is 0 Å². The lowest BCUT2D eigenvalue weighted by molar-refractivity contribution is -0.311. The van der Waals surface area contributed by atoms with E-state index in [-0.39, 0.29) is 25.7 Å². The van der Waals surface area contributed by atoms with Gasteiger partial charge in [0.1, 0.15) is 36.1 Å². The summed E-state index contributed by atoms with van der Waals surface area (Å²) in [6.07, 6.45) is -9.26. The van der Waals surface area contributed by atoms with E-state index in [4.69, 9.17) is 24.1 Å². The summed E-state index contributed by atoms with van der Waals surface area (Å²) in [4.78, 5) is 0. The van der Waals surface area contributed by atoms with Crippen LogP contribution < -0.4 is 0 Å². The van der Waals surface area contributed by atoms with Gasteiger partial charge in [-0.05, 0) is 5.92 Å². The molecule has 2 rings (SSSR count). The number of hydrogen-bond acceptors (Lipinski definition) is 10. The molecule has 6 N–H and O–H groups in total. The van der Waals surface area contributed by atoms with E-state index in [0.717, 1.165) is 0 Å². The van der Waals surface area contributed by atoms with Crippen molar-refractivity contribution in [3.8, 4) is 0 Å². The molecule has 8 unspecified atom stereocenters. The van der Waals surface area contributed by atoms with Crippen LogP contribution in [0.3, 0.4) is 0 Å². The van der Waals surface area contributed by atoms with Gasteiger partial charge in [0.15, 0.2) is 12.6 Å². The molecule has 10 nitrogen and oxygen atoms in total. The molecule has 0 aromatic heterocycles. The average Bonchev–Trinajstić information content (AvgIpc) is 2.87. The van der Waals surface area contributed by atoms with Crippen molar-refractivity contribution in [1.29, 1.82) is 0 Å². The van der Waals surface area contributed by atoms with E-state index in [9.17, 15) is 25.5 Å². The van der Waals surface area contributed by atoms with Gasteiger partial charge in [0.05, 0.1) is 26.4 Å². The van der Waals surface area contributed by atoms with Crippen LogP contribution in [-0.2, 0) is 18.9 Å². The molecule has 0 amide bonds. The van der Waals surface area contributed by atoms with E-state index in [2.05, 4.69) is 0 Å². The molecule has 0 saturated carbocycles. The fourth-order valence-corrected chi connectivity index (χ4v) is 2.60. The SMILES string of the molecule is CC(C)COC1OC(COC2OCC(O)(CO)C2O)C(O)C(O)C1O. The normalized spacial score (nSPS) is 45.2. The van der Waals surface area contributed by atoms with Crippen molar-refractivity contribution in [1.82, 2.24) is 0 Å². The second-order valence-electron chi connectivity index (χ2n) is 6.96. The van der Waals surface area contributed by atoms with Crippen molar-refractivity contribution >= 4 is 0 Å². The lowest BCUT2D eigenvalue weighted by atomic mass is 9.99. The number of aliphatic hydroxyl groups is 6. The molecule has 0 aliphatic carbocycles. The molecule has 25 heavy (non-hydrogen) atoms. The van der Waals surface area contributed by atoms with Gasteiger partial charge in [-0.1, -0.05) is 13.8 Å². The smallest absolute Gasteiger partial charge is 0.186 e. The van der Waals surface area contributed by atoms with Crippen LogP contribution in [0, 0.1) is 5.92 Å². The maximum atomic E-state index is 10.0. The predicted molar refractivity (Wildman–Crippen MR) is 81.2 cm³/mol. The second-order valence-corrected chi connectivity index (χ2v) is 6.96. The third-order valence-electron chi connectivity index (χ3n) is 4.27. The Morgan fingerprint density at radius 2 is 1.72 bits per heavy atom. The third kappa shape index (κ3) is 4.66. The minimum atomic E-state index is -1.82. The van der Waals surface area contributed by atoms with E-state index in [0.29, 0.717) is 0 Å². The summed E-state index contributed by atoms with van der Waals surface area (Å²) in [7, 11) is 0. The van der Waals surface area contributed by atoms with Crippen LogP contribution in [0.25, 0.3) is 0 Å². The summed E-state index contributed by atoms with van der Waals surface area (Å²) in [5.74, 6) is 0.174. The number of ether oxygens (including phenoxy) is 4. The van der Waals surface area contributed by atoms with Gasteiger partial charge in [-0.15, -0.1) is 0 Å². The quantitative estimate of drug-likeness (QED) is 0.272. The standard InChI is InChI=1S/C15H28O10/c1-7(2)3-22-13-11(19)10(18)9(17)8(25-13)4-23-14-12(20)15(21,5-16)6-24-14/h7-14,16-21H,3-6H2,1-2H3. The summed E-state index contributed by atoms with van der Waals surface area (Å²) in [5.41, 5.74) is -1.82. The Bertz CT molecular complexity index is 421. The number of aliphatic hydroxyl groups excluding tert-OH is 5. The Balaban J connectivity index is 1.91. The Hall–Kier alpha value is -0.400. The highest BCUT2D eigenvalue weighted by molar-refractivity contribution is 4.94. The first-order valence-electron chi connectivity index (χ1n) is 8.25. The zero-order valence-corrected chi connectivity index (χ0v) is 14.3. The van der Waals surface area contributed by atoms with Crippen LogP contribution in [0.5, 0.6) is 0 Å². The summed E-state index contributed by atoms with van der Waals surface area (Å²) in [6.45, 7) is 2.78. The van der Waals surface area contributed by atoms with Crippen LogP contribution in [0.1, 0.15) is 13.8 Å². The van der Waals surface area contributed by atoms with Crippen molar-refractivity contribution in [2.45, 2.75) is 62.5 Å². The highest BCUT2D eigenvalue weighted by Gasteiger charge is 2.50. The average molecular weight is 368 g/mol. The van der Waals surface area contributed by atoms with Crippen LogP contribution in [-0.4, -0.2) is 106 Å². The molecule has 10 heteroatoms. The maximum Gasteiger partial charge on any atom is 0.186 e. The van der Waals surface area contributed by atoms with Crippen LogP contribution >= 0.6 is 0 Å². The van der Waals surface area contributed by atoms with Gasteiger partial charge in [-0.25, -0.2) is 0 Å². The van der Waals surface area contributed by atoms with Gasteiger partial charge in [-0.2, -0.15) is 0 Å². The van der Waals surface area contributed by atoms with Crippen molar-refractivity contribution in [3.63, 3.8) is 0 Å². The molecule has 0 radical (unpaired) electrons. The maximum absolute atomic E-state index is 10.0. The number of hydrogen-bond donors (Lipinski definition) is 6. The minimum Gasteiger partial charge on any atom is -0.393 e. The Kier molecular flexibility index (Phi) is 7.13. The van der Waals surface area contributed by atoms with Crippen molar-refractivity contribution in [2.24, 2.45) is 5.92 Å². The van der Waals surface area contributed by atoms with Crippen LogP contribution in [0.2, 0.25) is 0 Å². The Morgan fingerprint density at radius 3 is 2.28 bits per heavy atom. The molecular formula is C15H28O10. The van der Waals surface area contributed by atoms with Crippen molar-refractivity contribution in [2.75, 3.05) is 26.4 Å². The topological polar surface area (TPSA) is 158 Å². The fourth-order valence-electron chi connectivity index (χ4n) is 2.60. The molecule has 148 valence electrons. The Labute approximate surface area is 145 Å². The summed E-state index contributed by atoms with van der Waals surface area (Å²) < 4.78 is 21.2. The molecule has 0 aromatic rings. The van der Waals surface area contributed by atoms with E-state index in [1.807, 2.05) is 13.8 Å². The van der Waals surface area contributed by atoms with Gasteiger partial charge in [-0.3, -0.25) is 0 Å². The highest BCUT2D eigenvalue weighted by atomic mass is 16.7. The van der Waals surface area contributed by atoms with E-state index < -0.39 is 55.3 Å². The van der Waals surface area contributed by atoms with E-state index >= 15 is 0 Å². The van der Waals surface area contributed by atoms with Gasteiger partial charge in [0, 0.05) is 0 Å². The van der Waals surface area contributed by atoms with Gasteiger partial charge in [0.2, 0.25) is 0 Å². The first-order chi connectivity index (χ1) is 11.7. The molecule has 2 fully saturated rings. The second kappa shape index (κ2) is 8.53. The van der Waals surface area contributed by atoms with Crippen molar-refractivity contribution < 1.29 is 49.6 Å². The fraction of sp³-hybridized carbons (Fsp3) is 1.00. The van der Waals surface area contributed by atoms with Crippen molar-refractivity contribution in [3.05, 3.63) is 0 Å². The first kappa shape index (κ1) is 20.9. The molecule has 2 saturated heterocycles. The van der Waals surface area contributed by atoms with Gasteiger partial charge >= 0.3 is 0 Å². The van der Waals surface area contributed by atoms with Gasteiger partial charge in [0.25, 0.3) is 0 Å². The van der Waals surface area contributed by atoms with E-state index in [1.54, 1.807) is 0 Å². The lowest BCUT2D eigenvalue weighted by Gasteiger charge is -2.40. The molecule has 2 aliphatic heterocycles. The molecule has 2 aliphatic rings. The zero-order chi connectivity index (χ0) is 18.8. The summed E-state index contributed by atoms with van der Waals surface area (Å²) >= 11 is 0. The predicted octanol–water partition coefficient (Wildman–Crippen LogP) is -3.08. The van der Waals surface area contributed by atoms with Gasteiger partial charge < -0.3 is 49.6 Å². The zero-order valence-electron chi connectivity index (χ0n) is 14.3. The third-order valence-corrected chi connectivity index (χ3v) is 4.27. The largest absolute Gasteiger partial charge is 0.393 e. The molecule has 8 atom stereocenters. The summed E-state index contributed by atoms with van der Waals surface area (Å²) in [6, 6.07) is 0. The molecule has 0 bridgehead atoms. The van der Waals surface area contributed by atoms with Crippen LogP contribution in [0.4, 0.5) is 0 Å².